The first kappa shape index (κ1) is 14.8. The molecule has 0 saturated carbocycles. The molecule has 0 bridgehead atoms. The Morgan fingerprint density at radius 3 is 2.77 bits per heavy atom. The van der Waals surface area contributed by atoms with E-state index in [-0.39, 0.29) is 11.6 Å². The summed E-state index contributed by atoms with van der Waals surface area (Å²) in [5.74, 6) is 0.347. The van der Waals surface area contributed by atoms with Crippen LogP contribution >= 0.6 is 0 Å². The van der Waals surface area contributed by atoms with Crippen LogP contribution in [0.25, 0.3) is 0 Å². The second-order valence-electron chi connectivity index (χ2n) is 6.27. The van der Waals surface area contributed by atoms with Crippen LogP contribution in [0.5, 0.6) is 5.75 Å². The standard InChI is InChI=1S/C15H18N2O5/c1-15(2)14(19)13(16-7-3-4-12(16)18)10-6-5-9(17(20)21)8-11(10)22-15/h5-6,8,13-14,19H,3-4,7H2,1-2H3. The summed E-state index contributed by atoms with van der Waals surface area (Å²) in [5, 5.41) is 21.6. The SMILES string of the molecule is CC1(C)Oc2cc([N+](=O)[O-])ccc2C(N2CCCC2=O)C1O. The van der Waals surface area contributed by atoms with Crippen LogP contribution in [0.1, 0.15) is 38.3 Å². The van der Waals surface area contributed by atoms with Crippen LogP contribution in [0, 0.1) is 10.1 Å². The lowest BCUT2D eigenvalue weighted by atomic mass is 9.85. The maximum Gasteiger partial charge on any atom is 0.273 e. The Balaban J connectivity index is 2.10. The molecular weight excluding hydrogens is 288 g/mol. The largest absolute Gasteiger partial charge is 0.484 e. The number of ether oxygens (including phenoxy) is 1. The summed E-state index contributed by atoms with van der Waals surface area (Å²) in [6, 6.07) is 3.77. The van der Waals surface area contributed by atoms with Crippen LogP contribution in [0.15, 0.2) is 18.2 Å². The number of aliphatic hydroxyl groups is 1. The molecule has 1 aromatic carbocycles. The molecule has 7 nitrogen and oxygen atoms in total. The second-order valence-corrected chi connectivity index (χ2v) is 6.27. The minimum Gasteiger partial charge on any atom is -0.484 e. The number of nitrogens with zero attached hydrogens (tertiary/aromatic N) is 2. The van der Waals surface area contributed by atoms with E-state index < -0.39 is 22.7 Å². The molecule has 118 valence electrons. The van der Waals surface area contributed by atoms with Crippen molar-refractivity contribution in [1.29, 1.82) is 0 Å². The summed E-state index contributed by atoms with van der Waals surface area (Å²) >= 11 is 0. The fourth-order valence-corrected chi connectivity index (χ4v) is 3.16. The van der Waals surface area contributed by atoms with E-state index >= 15 is 0 Å². The molecule has 2 heterocycles. The molecule has 2 unspecified atom stereocenters. The lowest BCUT2D eigenvalue weighted by Gasteiger charge is -2.45. The zero-order chi connectivity index (χ0) is 16.1. The average Bonchev–Trinajstić information content (AvgIpc) is 2.85. The molecule has 7 heteroatoms. The highest BCUT2D eigenvalue weighted by Crippen LogP contribution is 2.45. The van der Waals surface area contributed by atoms with Crippen LogP contribution in [-0.4, -0.2) is 39.1 Å². The molecule has 1 amide bonds. The molecule has 1 saturated heterocycles. The number of nitro benzene ring substituents is 1. The third-order valence-electron chi connectivity index (χ3n) is 4.36. The number of nitro groups is 1. The number of likely N-dealkylation sites (tertiary alicyclic amines) is 1. The summed E-state index contributed by atoms with van der Waals surface area (Å²) in [7, 11) is 0. The number of hydrogen-bond donors (Lipinski definition) is 1. The number of fused-ring (bicyclic) bond motifs is 1. The van der Waals surface area contributed by atoms with Crippen molar-refractivity contribution in [2.75, 3.05) is 6.54 Å². The summed E-state index contributed by atoms with van der Waals surface area (Å²) in [6.45, 7) is 4.01. The fourth-order valence-electron chi connectivity index (χ4n) is 3.16. The molecule has 1 aromatic rings. The first-order valence-electron chi connectivity index (χ1n) is 7.26. The van der Waals surface area contributed by atoms with Crippen molar-refractivity contribution >= 4 is 11.6 Å². The quantitative estimate of drug-likeness (QED) is 0.664. The van der Waals surface area contributed by atoms with Crippen molar-refractivity contribution in [1.82, 2.24) is 4.90 Å². The Morgan fingerprint density at radius 1 is 1.45 bits per heavy atom. The molecule has 0 aliphatic carbocycles. The first-order valence-corrected chi connectivity index (χ1v) is 7.26. The highest BCUT2D eigenvalue weighted by atomic mass is 16.6. The van der Waals surface area contributed by atoms with Gasteiger partial charge in [0, 0.05) is 24.6 Å². The number of hydrogen-bond acceptors (Lipinski definition) is 5. The van der Waals surface area contributed by atoms with Crippen LogP contribution < -0.4 is 4.74 Å². The Labute approximate surface area is 127 Å². The maximum absolute atomic E-state index is 12.1. The Morgan fingerprint density at radius 2 is 2.18 bits per heavy atom. The van der Waals surface area contributed by atoms with Gasteiger partial charge in [0.15, 0.2) is 0 Å². The van der Waals surface area contributed by atoms with Gasteiger partial charge >= 0.3 is 0 Å². The highest BCUT2D eigenvalue weighted by Gasteiger charge is 2.47. The topological polar surface area (TPSA) is 92.9 Å². The van der Waals surface area contributed by atoms with Crippen molar-refractivity contribution < 1.29 is 19.6 Å². The zero-order valence-electron chi connectivity index (χ0n) is 12.5. The van der Waals surface area contributed by atoms with Crippen molar-refractivity contribution in [3.63, 3.8) is 0 Å². The molecule has 1 N–H and O–H groups in total. The first-order chi connectivity index (χ1) is 10.3. The van der Waals surface area contributed by atoms with Gasteiger partial charge in [-0.3, -0.25) is 14.9 Å². The van der Waals surface area contributed by atoms with Crippen molar-refractivity contribution in [2.24, 2.45) is 0 Å². The number of carbonyl (C=O) groups is 1. The minimum atomic E-state index is -0.935. The van der Waals surface area contributed by atoms with E-state index in [0.717, 1.165) is 6.42 Å². The third kappa shape index (κ3) is 2.21. The molecule has 2 atom stereocenters. The van der Waals surface area contributed by atoms with Gasteiger partial charge in [-0.25, -0.2) is 0 Å². The molecule has 2 aliphatic heterocycles. The number of carbonyl (C=O) groups excluding carboxylic acids is 1. The summed E-state index contributed by atoms with van der Waals surface area (Å²) in [6.07, 6.45) is 0.321. The predicted molar refractivity (Wildman–Crippen MR) is 77.5 cm³/mol. The lowest BCUT2D eigenvalue weighted by Crippen LogP contribution is -2.53. The second kappa shape index (κ2) is 4.95. The molecule has 1 fully saturated rings. The van der Waals surface area contributed by atoms with Crippen LogP contribution in [-0.2, 0) is 4.79 Å². The Hall–Kier alpha value is -2.15. The molecule has 3 rings (SSSR count). The smallest absolute Gasteiger partial charge is 0.273 e. The summed E-state index contributed by atoms with van der Waals surface area (Å²) < 4.78 is 5.76. The van der Waals surface area contributed by atoms with E-state index in [1.165, 1.54) is 12.1 Å². The van der Waals surface area contributed by atoms with E-state index in [0.29, 0.717) is 24.3 Å². The summed E-state index contributed by atoms with van der Waals surface area (Å²) in [4.78, 5) is 24.2. The number of rotatable bonds is 2. The summed E-state index contributed by atoms with van der Waals surface area (Å²) in [5.41, 5.74) is -0.388. The maximum atomic E-state index is 12.1. The Bertz CT molecular complexity index is 643. The highest BCUT2D eigenvalue weighted by molar-refractivity contribution is 5.79. The molecule has 0 radical (unpaired) electrons. The van der Waals surface area contributed by atoms with Crippen LogP contribution in [0.2, 0.25) is 0 Å². The van der Waals surface area contributed by atoms with Crippen molar-refractivity contribution in [3.8, 4) is 5.75 Å². The molecule has 0 spiro atoms. The van der Waals surface area contributed by atoms with Gasteiger partial charge in [-0.2, -0.15) is 0 Å². The van der Waals surface area contributed by atoms with Gasteiger partial charge in [0.05, 0.1) is 17.0 Å². The van der Waals surface area contributed by atoms with E-state index in [1.54, 1.807) is 24.8 Å². The van der Waals surface area contributed by atoms with Crippen LogP contribution in [0.4, 0.5) is 5.69 Å². The number of non-ortho nitro benzene ring substituents is 1. The number of benzene rings is 1. The van der Waals surface area contributed by atoms with Gasteiger partial charge in [0.2, 0.25) is 5.91 Å². The van der Waals surface area contributed by atoms with Crippen molar-refractivity contribution in [3.05, 3.63) is 33.9 Å². The van der Waals surface area contributed by atoms with E-state index in [1.807, 2.05) is 0 Å². The molecular formula is C15H18N2O5. The van der Waals surface area contributed by atoms with Gasteiger partial charge in [0.25, 0.3) is 5.69 Å². The van der Waals surface area contributed by atoms with Gasteiger partial charge in [0.1, 0.15) is 17.5 Å². The lowest BCUT2D eigenvalue weighted by molar-refractivity contribution is -0.385. The van der Waals surface area contributed by atoms with E-state index in [2.05, 4.69) is 0 Å². The normalized spacial score (nSPS) is 26.5. The van der Waals surface area contributed by atoms with Gasteiger partial charge < -0.3 is 14.7 Å². The van der Waals surface area contributed by atoms with Gasteiger partial charge in [-0.1, -0.05) is 0 Å². The fraction of sp³-hybridized carbons (Fsp3) is 0.533. The van der Waals surface area contributed by atoms with E-state index in [4.69, 9.17) is 4.74 Å². The minimum absolute atomic E-state index is 0.00828. The molecule has 0 aromatic heterocycles. The average molecular weight is 306 g/mol. The van der Waals surface area contributed by atoms with Crippen molar-refractivity contribution in [2.45, 2.75) is 44.4 Å². The van der Waals surface area contributed by atoms with Crippen LogP contribution in [0.3, 0.4) is 0 Å². The Kier molecular flexibility index (Phi) is 3.32. The monoisotopic (exact) mass is 306 g/mol. The molecule has 2 aliphatic rings. The van der Waals surface area contributed by atoms with Gasteiger partial charge in [-0.05, 0) is 26.3 Å². The number of aliphatic hydroxyl groups excluding tert-OH is 1. The number of amides is 1. The third-order valence-corrected chi connectivity index (χ3v) is 4.36. The molecule has 22 heavy (non-hydrogen) atoms. The predicted octanol–water partition coefficient (Wildman–Crippen LogP) is 1.79. The van der Waals surface area contributed by atoms with E-state index in [9.17, 15) is 20.0 Å². The zero-order valence-corrected chi connectivity index (χ0v) is 12.5. The van der Waals surface area contributed by atoms with Gasteiger partial charge in [-0.15, -0.1) is 0 Å².